The molecule has 4 rings (SSSR count). The summed E-state index contributed by atoms with van der Waals surface area (Å²) >= 11 is 7.22. The lowest BCUT2D eigenvalue weighted by Gasteiger charge is -2.36. The second kappa shape index (κ2) is 12.7. The van der Waals surface area contributed by atoms with E-state index < -0.39 is 5.60 Å². The van der Waals surface area contributed by atoms with E-state index in [1.54, 1.807) is 42.0 Å². The Kier molecular flexibility index (Phi) is 9.40. The Balaban J connectivity index is 1.22. The van der Waals surface area contributed by atoms with Gasteiger partial charge in [0.05, 0.1) is 24.7 Å². The zero-order valence-corrected chi connectivity index (χ0v) is 24.4. The monoisotopic (exact) mass is 570 g/mol. The van der Waals surface area contributed by atoms with Crippen LogP contribution < -0.4 is 14.9 Å². The summed E-state index contributed by atoms with van der Waals surface area (Å²) in [6.07, 6.45) is 2.02. The van der Waals surface area contributed by atoms with Gasteiger partial charge in [-0.3, -0.25) is 4.79 Å². The molecule has 3 aromatic rings. The van der Waals surface area contributed by atoms with E-state index >= 15 is 0 Å². The highest BCUT2D eigenvalue weighted by molar-refractivity contribution is 8.22. The molecule has 1 aromatic heterocycles. The van der Waals surface area contributed by atoms with Crippen LogP contribution in [0.3, 0.4) is 0 Å². The maximum Gasteiger partial charge on any atom is 0.410 e. The van der Waals surface area contributed by atoms with E-state index in [4.69, 9.17) is 30.8 Å². The molecule has 1 aliphatic heterocycles. The van der Waals surface area contributed by atoms with Crippen LogP contribution in [0, 0.1) is 0 Å². The smallest absolute Gasteiger partial charge is 0.410 e. The Morgan fingerprint density at radius 3 is 2.36 bits per heavy atom. The molecule has 39 heavy (non-hydrogen) atoms. The highest BCUT2D eigenvalue weighted by Crippen LogP contribution is 2.25. The SMILES string of the molecule is COc1ccc(-c2coc3cc(OCCCSC(=S)N4CCN(C(=O)OC(C)(C)C)CC4)ccc3c2=O)cc1. The highest BCUT2D eigenvalue weighted by Gasteiger charge is 2.26. The summed E-state index contributed by atoms with van der Waals surface area (Å²) < 4.78 is 23.1. The van der Waals surface area contributed by atoms with Crippen molar-refractivity contribution < 1.29 is 23.4 Å². The van der Waals surface area contributed by atoms with Gasteiger partial charge in [0.25, 0.3) is 0 Å². The zero-order valence-electron chi connectivity index (χ0n) is 22.7. The predicted molar refractivity (Wildman–Crippen MR) is 159 cm³/mol. The number of piperazine rings is 1. The van der Waals surface area contributed by atoms with Crippen LogP contribution in [0.4, 0.5) is 4.79 Å². The maximum atomic E-state index is 13.0. The van der Waals surface area contributed by atoms with Crippen molar-refractivity contribution in [2.75, 3.05) is 45.6 Å². The summed E-state index contributed by atoms with van der Waals surface area (Å²) in [6.45, 7) is 8.71. The summed E-state index contributed by atoms with van der Waals surface area (Å²) in [5.74, 6) is 2.19. The first-order chi connectivity index (χ1) is 18.6. The number of carbonyl (C=O) groups is 1. The van der Waals surface area contributed by atoms with Crippen LogP contribution >= 0.6 is 24.0 Å². The molecule has 0 bridgehead atoms. The lowest BCUT2D eigenvalue weighted by molar-refractivity contribution is 0.0189. The number of hydrogen-bond acceptors (Lipinski definition) is 8. The van der Waals surface area contributed by atoms with Crippen LogP contribution in [0.5, 0.6) is 11.5 Å². The van der Waals surface area contributed by atoms with Crippen molar-refractivity contribution in [1.82, 2.24) is 9.80 Å². The number of benzene rings is 2. The first-order valence-corrected chi connectivity index (χ1v) is 14.3. The van der Waals surface area contributed by atoms with Gasteiger partial charge in [-0.15, -0.1) is 0 Å². The summed E-state index contributed by atoms with van der Waals surface area (Å²) in [7, 11) is 1.60. The Labute approximate surface area is 238 Å². The molecule has 0 spiro atoms. The molecule has 0 aliphatic carbocycles. The minimum absolute atomic E-state index is 0.0928. The molecule has 2 heterocycles. The standard InChI is InChI=1S/C29H34N2O6S2/c1-29(2,3)37-27(33)30-12-14-31(15-13-30)28(38)39-17-5-16-35-22-10-11-23-25(18-22)36-19-24(26(23)32)20-6-8-21(34-4)9-7-20/h6-11,18-19H,5,12-17H2,1-4H3. The van der Waals surface area contributed by atoms with E-state index in [1.807, 2.05) is 45.0 Å². The molecule has 208 valence electrons. The average Bonchev–Trinajstić information content (AvgIpc) is 2.92. The maximum absolute atomic E-state index is 13.0. The van der Waals surface area contributed by atoms with Gasteiger partial charge in [-0.2, -0.15) is 0 Å². The number of nitrogens with zero attached hydrogens (tertiary/aromatic N) is 2. The largest absolute Gasteiger partial charge is 0.497 e. The molecule has 8 nitrogen and oxygen atoms in total. The van der Waals surface area contributed by atoms with Crippen molar-refractivity contribution in [3.63, 3.8) is 0 Å². The van der Waals surface area contributed by atoms with E-state index in [2.05, 4.69) is 4.90 Å². The average molecular weight is 571 g/mol. The van der Waals surface area contributed by atoms with Gasteiger partial charge in [0.15, 0.2) is 5.43 Å². The number of carbonyl (C=O) groups excluding carboxylic acids is 1. The normalized spacial score (nSPS) is 13.8. The fourth-order valence-corrected chi connectivity index (χ4v) is 5.30. The molecule has 0 atom stereocenters. The summed E-state index contributed by atoms with van der Waals surface area (Å²) in [6, 6.07) is 12.6. The van der Waals surface area contributed by atoms with Gasteiger partial charge in [-0.1, -0.05) is 36.1 Å². The van der Waals surface area contributed by atoms with E-state index in [9.17, 15) is 9.59 Å². The summed E-state index contributed by atoms with van der Waals surface area (Å²) in [5, 5.41) is 0.503. The third-order valence-corrected chi connectivity index (χ3v) is 7.73. The van der Waals surface area contributed by atoms with E-state index in [0.29, 0.717) is 55.1 Å². The third kappa shape index (κ3) is 7.67. The second-order valence-corrected chi connectivity index (χ2v) is 11.9. The minimum Gasteiger partial charge on any atom is -0.497 e. The molecular weight excluding hydrogens is 536 g/mol. The number of thioether (sulfide) groups is 1. The second-order valence-electron chi connectivity index (χ2n) is 10.1. The molecular formula is C29H34N2O6S2. The number of methoxy groups -OCH3 is 1. The van der Waals surface area contributed by atoms with Crippen LogP contribution in [0.15, 0.2) is 57.9 Å². The molecule has 1 saturated heterocycles. The molecule has 0 N–H and O–H groups in total. The van der Waals surface area contributed by atoms with Crippen molar-refractivity contribution in [2.45, 2.75) is 32.8 Å². The van der Waals surface area contributed by atoms with Crippen LogP contribution in [0.25, 0.3) is 22.1 Å². The number of fused-ring (bicyclic) bond motifs is 1. The lowest BCUT2D eigenvalue weighted by Crippen LogP contribution is -2.50. The Hall–Kier alpha value is -3.24. The molecule has 2 aromatic carbocycles. The van der Waals surface area contributed by atoms with Crippen LogP contribution in [0.1, 0.15) is 27.2 Å². The molecule has 0 radical (unpaired) electrons. The lowest BCUT2D eigenvalue weighted by atomic mass is 10.1. The molecule has 1 amide bonds. The van der Waals surface area contributed by atoms with E-state index in [0.717, 1.165) is 27.8 Å². The number of ether oxygens (including phenoxy) is 3. The van der Waals surface area contributed by atoms with Gasteiger partial charge in [-0.25, -0.2) is 4.79 Å². The van der Waals surface area contributed by atoms with Crippen LogP contribution in [-0.4, -0.2) is 71.5 Å². The van der Waals surface area contributed by atoms with Crippen LogP contribution in [-0.2, 0) is 4.74 Å². The quantitative estimate of drug-likeness (QED) is 0.258. The van der Waals surface area contributed by atoms with Crippen molar-refractivity contribution in [3.05, 3.63) is 59.0 Å². The summed E-state index contributed by atoms with van der Waals surface area (Å²) in [4.78, 5) is 29.1. The van der Waals surface area contributed by atoms with Gasteiger partial charge in [0.1, 0.15) is 33.3 Å². The van der Waals surface area contributed by atoms with Gasteiger partial charge in [0.2, 0.25) is 0 Å². The Morgan fingerprint density at radius 2 is 1.69 bits per heavy atom. The van der Waals surface area contributed by atoms with E-state index in [-0.39, 0.29) is 11.5 Å². The first kappa shape index (κ1) is 28.8. The van der Waals surface area contributed by atoms with Crippen molar-refractivity contribution in [3.8, 4) is 22.6 Å². The number of thiocarbonyl (C=S) groups is 1. The van der Waals surface area contributed by atoms with Crippen molar-refractivity contribution in [2.24, 2.45) is 0 Å². The number of rotatable bonds is 7. The molecule has 0 saturated carbocycles. The van der Waals surface area contributed by atoms with Crippen molar-refractivity contribution in [1.29, 1.82) is 0 Å². The molecule has 10 heteroatoms. The molecule has 1 fully saturated rings. The Morgan fingerprint density at radius 1 is 1.03 bits per heavy atom. The first-order valence-electron chi connectivity index (χ1n) is 12.9. The van der Waals surface area contributed by atoms with Gasteiger partial charge in [-0.05, 0) is 57.0 Å². The van der Waals surface area contributed by atoms with Gasteiger partial charge < -0.3 is 28.4 Å². The topological polar surface area (TPSA) is 81.5 Å². The van der Waals surface area contributed by atoms with Gasteiger partial charge >= 0.3 is 6.09 Å². The summed E-state index contributed by atoms with van der Waals surface area (Å²) in [5.41, 5.74) is 1.16. The predicted octanol–water partition coefficient (Wildman–Crippen LogP) is 5.81. The fourth-order valence-electron chi connectivity index (χ4n) is 4.07. The van der Waals surface area contributed by atoms with Gasteiger partial charge in [0, 0.05) is 38.0 Å². The van der Waals surface area contributed by atoms with E-state index in [1.165, 1.54) is 6.26 Å². The molecule has 1 aliphatic rings. The zero-order chi connectivity index (χ0) is 28.0. The Bertz CT molecular complexity index is 1360. The number of hydrogen-bond donors (Lipinski definition) is 0. The van der Waals surface area contributed by atoms with Crippen molar-refractivity contribution >= 4 is 45.4 Å². The molecule has 0 unspecified atom stereocenters. The number of amides is 1. The van der Waals surface area contributed by atoms with Crippen LogP contribution in [0.2, 0.25) is 0 Å². The highest BCUT2D eigenvalue weighted by atomic mass is 32.2. The fraction of sp³-hybridized carbons (Fsp3) is 0.414. The third-order valence-electron chi connectivity index (χ3n) is 6.12. The minimum atomic E-state index is -0.497.